The fourth-order valence-corrected chi connectivity index (χ4v) is 4.13. The van der Waals surface area contributed by atoms with Crippen molar-refractivity contribution in [2.45, 2.75) is 19.4 Å². The van der Waals surface area contributed by atoms with E-state index in [1.54, 1.807) is 22.7 Å². The number of nitrogens with zero attached hydrogens (tertiary/aromatic N) is 4. The van der Waals surface area contributed by atoms with Crippen LogP contribution in [0.5, 0.6) is 0 Å². The van der Waals surface area contributed by atoms with Crippen molar-refractivity contribution in [3.63, 3.8) is 0 Å². The minimum absolute atomic E-state index is 0.173. The number of aryl methyl sites for hydroxylation is 1. The minimum Gasteiger partial charge on any atom is -0.480 e. The first kappa shape index (κ1) is 20.6. The number of carboxylic acids is 1. The van der Waals surface area contributed by atoms with Crippen LogP contribution in [0.25, 0.3) is 27.7 Å². The first-order chi connectivity index (χ1) is 15.9. The van der Waals surface area contributed by atoms with E-state index in [0.29, 0.717) is 16.9 Å². The van der Waals surface area contributed by atoms with Gasteiger partial charge in [-0.3, -0.25) is 4.79 Å². The van der Waals surface area contributed by atoms with Gasteiger partial charge >= 0.3 is 5.97 Å². The number of carbonyl (C=O) groups is 1. The van der Waals surface area contributed by atoms with E-state index in [0.717, 1.165) is 16.7 Å². The summed E-state index contributed by atoms with van der Waals surface area (Å²) in [5.41, 5.74) is 3.59. The molecule has 33 heavy (non-hydrogen) atoms. The molecule has 3 aromatic heterocycles. The van der Waals surface area contributed by atoms with Crippen LogP contribution in [0.2, 0.25) is 0 Å². The van der Waals surface area contributed by atoms with E-state index in [4.69, 9.17) is 0 Å². The highest BCUT2D eigenvalue weighted by molar-refractivity contribution is 5.86. The number of hydrogen-bond acceptors (Lipinski definition) is 4. The average Bonchev–Trinajstić information content (AvgIpc) is 3.15. The van der Waals surface area contributed by atoms with Gasteiger partial charge in [0.1, 0.15) is 11.9 Å². The monoisotopic (exact) mass is 442 g/mol. The summed E-state index contributed by atoms with van der Waals surface area (Å²) in [6, 6.07) is 15.8. The molecule has 0 saturated carbocycles. The molecule has 5 aromatic rings. The Bertz CT molecular complexity index is 1560. The van der Waals surface area contributed by atoms with E-state index in [-0.39, 0.29) is 17.6 Å². The van der Waals surface area contributed by atoms with Crippen LogP contribution in [0.3, 0.4) is 0 Å². The number of benzene rings is 2. The first-order valence-corrected chi connectivity index (χ1v) is 10.4. The van der Waals surface area contributed by atoms with E-state index in [9.17, 15) is 19.1 Å². The first-order valence-electron chi connectivity index (χ1n) is 10.4. The highest BCUT2D eigenvalue weighted by atomic mass is 19.1. The van der Waals surface area contributed by atoms with Crippen molar-refractivity contribution in [1.29, 1.82) is 0 Å². The summed E-state index contributed by atoms with van der Waals surface area (Å²) in [5, 5.41) is 14.6. The van der Waals surface area contributed by atoms with Crippen LogP contribution in [0.15, 0.2) is 77.9 Å². The molecule has 0 radical (unpaired) electrons. The molecule has 1 atom stereocenters. The molecule has 1 N–H and O–H groups in total. The van der Waals surface area contributed by atoms with Crippen LogP contribution in [0.4, 0.5) is 4.39 Å². The number of aromatic nitrogens is 4. The van der Waals surface area contributed by atoms with Gasteiger partial charge < -0.3 is 9.67 Å². The Morgan fingerprint density at radius 1 is 1.09 bits per heavy atom. The summed E-state index contributed by atoms with van der Waals surface area (Å²) in [4.78, 5) is 29.8. The molecule has 0 aliphatic carbocycles. The molecule has 0 spiro atoms. The summed E-state index contributed by atoms with van der Waals surface area (Å²) in [6.07, 6.45) is 3.10. The molecule has 0 bridgehead atoms. The number of hydrogen-bond donors (Lipinski definition) is 1. The van der Waals surface area contributed by atoms with Crippen molar-refractivity contribution >= 4 is 22.5 Å². The zero-order chi connectivity index (χ0) is 23.1. The van der Waals surface area contributed by atoms with Crippen molar-refractivity contribution < 1.29 is 14.3 Å². The molecule has 0 fully saturated rings. The van der Waals surface area contributed by atoms with Gasteiger partial charge in [0, 0.05) is 24.4 Å². The zero-order valence-corrected chi connectivity index (χ0v) is 17.6. The third-order valence-corrected chi connectivity index (χ3v) is 5.74. The van der Waals surface area contributed by atoms with Crippen LogP contribution in [-0.4, -0.2) is 30.2 Å². The molecule has 164 valence electrons. The second kappa shape index (κ2) is 7.98. The zero-order valence-electron chi connectivity index (χ0n) is 17.6. The van der Waals surface area contributed by atoms with Crippen LogP contribution in [0.1, 0.15) is 17.3 Å². The van der Waals surface area contributed by atoms with E-state index >= 15 is 0 Å². The number of fused-ring (bicyclic) bond motifs is 3. The highest BCUT2D eigenvalue weighted by Gasteiger charge is 2.23. The lowest BCUT2D eigenvalue weighted by Gasteiger charge is -2.16. The van der Waals surface area contributed by atoms with Gasteiger partial charge in [0.25, 0.3) is 5.56 Å². The predicted molar refractivity (Wildman–Crippen MR) is 122 cm³/mol. The van der Waals surface area contributed by atoms with Gasteiger partial charge in [-0.15, -0.1) is 0 Å². The van der Waals surface area contributed by atoms with Crippen molar-refractivity contribution in [2.24, 2.45) is 0 Å². The van der Waals surface area contributed by atoms with Gasteiger partial charge in [-0.25, -0.2) is 18.7 Å². The molecule has 0 unspecified atom stereocenters. The van der Waals surface area contributed by atoms with Crippen LogP contribution < -0.4 is 5.56 Å². The number of pyridine rings is 1. The standard InChI is InChI=1S/C25H19FN4O3/c1-15-22(17-7-9-18(26)10-8-17)23-27-14-19-20(30(23)28-15)11-12-29(24(19)31)21(25(32)33)13-16-5-3-2-4-6-16/h2-12,14,21H,13H2,1H3,(H,32,33)/t21-/m1/s1. The van der Waals surface area contributed by atoms with Crippen molar-refractivity contribution in [3.05, 3.63) is 100 Å². The molecular weight excluding hydrogens is 423 g/mol. The second-order valence-electron chi connectivity index (χ2n) is 7.83. The Balaban J connectivity index is 1.65. The average molecular weight is 442 g/mol. The molecule has 0 saturated heterocycles. The van der Waals surface area contributed by atoms with Gasteiger partial charge in [0.2, 0.25) is 0 Å². The molecule has 2 aromatic carbocycles. The molecule has 7 nitrogen and oxygen atoms in total. The van der Waals surface area contributed by atoms with Gasteiger partial charge in [-0.1, -0.05) is 42.5 Å². The third-order valence-electron chi connectivity index (χ3n) is 5.74. The molecular formula is C25H19FN4O3. The second-order valence-corrected chi connectivity index (χ2v) is 7.83. The SMILES string of the molecule is Cc1nn2c(ncc3c(=O)n([C@H](Cc4ccccc4)C(=O)O)ccc32)c1-c1ccc(F)cc1. The van der Waals surface area contributed by atoms with Gasteiger partial charge in [-0.05, 0) is 36.2 Å². The molecule has 8 heteroatoms. The maximum Gasteiger partial charge on any atom is 0.327 e. The van der Waals surface area contributed by atoms with Crippen LogP contribution in [-0.2, 0) is 11.2 Å². The summed E-state index contributed by atoms with van der Waals surface area (Å²) >= 11 is 0. The summed E-state index contributed by atoms with van der Waals surface area (Å²) < 4.78 is 16.2. The van der Waals surface area contributed by atoms with Crippen molar-refractivity contribution in [3.8, 4) is 11.1 Å². The smallest absolute Gasteiger partial charge is 0.327 e. The molecule has 0 aliphatic heterocycles. The summed E-state index contributed by atoms with van der Waals surface area (Å²) in [7, 11) is 0. The van der Waals surface area contributed by atoms with Crippen molar-refractivity contribution in [1.82, 2.24) is 19.2 Å². The van der Waals surface area contributed by atoms with Gasteiger partial charge in [0.05, 0.1) is 16.6 Å². The van der Waals surface area contributed by atoms with Gasteiger partial charge in [0.15, 0.2) is 5.65 Å². The maximum atomic E-state index is 13.4. The number of carboxylic acid groups (broad SMARTS) is 1. The molecule has 0 amide bonds. The summed E-state index contributed by atoms with van der Waals surface area (Å²) in [5.74, 6) is -1.43. The van der Waals surface area contributed by atoms with Crippen LogP contribution >= 0.6 is 0 Å². The third kappa shape index (κ3) is 3.55. The Hall–Kier alpha value is -4.33. The van der Waals surface area contributed by atoms with Gasteiger partial charge in [-0.2, -0.15) is 5.10 Å². The lowest BCUT2D eigenvalue weighted by Crippen LogP contribution is -2.31. The number of halogens is 1. The summed E-state index contributed by atoms with van der Waals surface area (Å²) in [6.45, 7) is 1.82. The van der Waals surface area contributed by atoms with Crippen molar-refractivity contribution in [2.75, 3.05) is 0 Å². The quantitative estimate of drug-likeness (QED) is 0.444. The Labute approximate surface area is 187 Å². The molecule has 0 aliphatic rings. The molecule has 5 rings (SSSR count). The fourth-order valence-electron chi connectivity index (χ4n) is 4.13. The molecule has 3 heterocycles. The number of aliphatic carboxylic acids is 1. The normalized spacial score (nSPS) is 12.3. The van der Waals surface area contributed by atoms with E-state index in [1.807, 2.05) is 37.3 Å². The number of rotatable bonds is 5. The minimum atomic E-state index is -1.09. The lowest BCUT2D eigenvalue weighted by atomic mass is 10.1. The Morgan fingerprint density at radius 2 is 1.82 bits per heavy atom. The van der Waals surface area contributed by atoms with E-state index in [1.165, 1.54) is 29.1 Å². The maximum absolute atomic E-state index is 13.4. The lowest BCUT2D eigenvalue weighted by molar-refractivity contribution is -0.141. The topological polar surface area (TPSA) is 89.5 Å². The fraction of sp³-hybridized carbons (Fsp3) is 0.120. The Morgan fingerprint density at radius 3 is 2.52 bits per heavy atom. The Kier molecular flexibility index (Phi) is 4.97. The highest BCUT2D eigenvalue weighted by Crippen LogP contribution is 2.29. The van der Waals surface area contributed by atoms with Crippen LogP contribution in [0, 0.1) is 12.7 Å². The van der Waals surface area contributed by atoms with E-state index in [2.05, 4.69) is 10.1 Å². The predicted octanol–water partition coefficient (Wildman–Crippen LogP) is 4.03. The van der Waals surface area contributed by atoms with E-state index < -0.39 is 17.6 Å². The largest absolute Gasteiger partial charge is 0.480 e.